The highest BCUT2D eigenvalue weighted by molar-refractivity contribution is 5.93. The Bertz CT molecular complexity index is 523. The zero-order chi connectivity index (χ0) is 15.8. The van der Waals surface area contributed by atoms with Crippen LogP contribution < -0.4 is 10.6 Å². The Morgan fingerprint density at radius 2 is 1.95 bits per heavy atom. The molecule has 8 heteroatoms. The number of hydrogen-bond acceptors (Lipinski definition) is 3. The average Bonchev–Trinajstić information content (AvgIpc) is 2.41. The van der Waals surface area contributed by atoms with E-state index in [1.54, 1.807) is 7.11 Å². The summed E-state index contributed by atoms with van der Waals surface area (Å²) in [5.41, 5.74) is -1.12. The van der Waals surface area contributed by atoms with Gasteiger partial charge in [-0.25, -0.2) is 18.4 Å². The molecule has 116 valence electrons. The molecule has 21 heavy (non-hydrogen) atoms. The lowest BCUT2D eigenvalue weighted by atomic mass is 10.2. The van der Waals surface area contributed by atoms with Gasteiger partial charge in [-0.2, -0.15) is 0 Å². The van der Waals surface area contributed by atoms with Gasteiger partial charge in [0.05, 0.1) is 11.3 Å². The smallest absolute Gasteiger partial charge is 0.338 e. The van der Waals surface area contributed by atoms with Gasteiger partial charge in [-0.3, -0.25) is 0 Å². The number of rotatable bonds is 7. The van der Waals surface area contributed by atoms with Crippen molar-refractivity contribution in [3.63, 3.8) is 0 Å². The topological polar surface area (TPSA) is 87.7 Å². The molecule has 1 aromatic carbocycles. The highest BCUT2D eigenvalue weighted by Gasteiger charge is 2.16. The predicted molar refractivity (Wildman–Crippen MR) is 71.4 cm³/mol. The van der Waals surface area contributed by atoms with Crippen molar-refractivity contribution in [2.24, 2.45) is 0 Å². The van der Waals surface area contributed by atoms with Crippen molar-refractivity contribution in [2.75, 3.05) is 25.6 Å². The van der Waals surface area contributed by atoms with Crippen LogP contribution in [0, 0.1) is 11.6 Å². The number of nitrogens with one attached hydrogen (secondary N) is 2. The summed E-state index contributed by atoms with van der Waals surface area (Å²) in [5.74, 6) is -3.80. The zero-order valence-corrected chi connectivity index (χ0v) is 11.4. The van der Waals surface area contributed by atoms with E-state index < -0.39 is 34.9 Å². The number of carboxylic acids is 1. The normalized spacial score (nSPS) is 10.2. The Balaban J connectivity index is 2.59. The Morgan fingerprint density at radius 1 is 1.24 bits per heavy atom. The molecule has 1 rings (SSSR count). The maximum absolute atomic E-state index is 13.5. The number of ether oxygens (including phenoxy) is 1. The summed E-state index contributed by atoms with van der Waals surface area (Å²) in [7, 11) is 1.57. The monoisotopic (exact) mass is 302 g/mol. The Labute approximate surface area is 120 Å². The van der Waals surface area contributed by atoms with Crippen LogP contribution in [0.1, 0.15) is 23.2 Å². The fraction of sp³-hybridized carbons (Fsp3) is 0.385. The molecule has 3 N–H and O–H groups in total. The van der Waals surface area contributed by atoms with Gasteiger partial charge in [-0.1, -0.05) is 0 Å². The van der Waals surface area contributed by atoms with Gasteiger partial charge in [0.15, 0.2) is 0 Å². The fourth-order valence-electron chi connectivity index (χ4n) is 1.55. The van der Waals surface area contributed by atoms with Crippen molar-refractivity contribution in [3.8, 4) is 0 Å². The van der Waals surface area contributed by atoms with Crippen molar-refractivity contribution in [2.45, 2.75) is 12.8 Å². The minimum Gasteiger partial charge on any atom is -0.478 e. The number of hydrogen-bond donors (Lipinski definition) is 3. The van der Waals surface area contributed by atoms with E-state index in [1.165, 1.54) is 0 Å². The first-order valence-electron chi connectivity index (χ1n) is 6.21. The number of halogens is 2. The lowest BCUT2D eigenvalue weighted by Gasteiger charge is -2.09. The number of anilines is 1. The Morgan fingerprint density at radius 3 is 2.57 bits per heavy atom. The molecule has 0 fully saturated rings. The molecule has 0 unspecified atom stereocenters. The van der Waals surface area contributed by atoms with E-state index in [4.69, 9.17) is 9.84 Å². The molecule has 0 aliphatic rings. The molecular weight excluding hydrogens is 286 g/mol. The number of amides is 2. The molecule has 6 nitrogen and oxygen atoms in total. The summed E-state index contributed by atoms with van der Waals surface area (Å²) in [6, 6.07) is 0.448. The fourth-order valence-corrected chi connectivity index (χ4v) is 1.55. The van der Waals surface area contributed by atoms with Gasteiger partial charge >= 0.3 is 12.0 Å². The third-order valence-electron chi connectivity index (χ3n) is 2.60. The maximum Gasteiger partial charge on any atom is 0.338 e. The van der Waals surface area contributed by atoms with E-state index in [9.17, 15) is 18.4 Å². The van der Waals surface area contributed by atoms with Crippen LogP contribution in [-0.2, 0) is 4.74 Å². The van der Waals surface area contributed by atoms with Crippen molar-refractivity contribution < 1.29 is 28.2 Å². The number of unbranched alkanes of at least 4 members (excludes halogenated alkanes) is 1. The van der Waals surface area contributed by atoms with Crippen LogP contribution in [0.2, 0.25) is 0 Å². The molecular formula is C13H16F2N2O4. The minimum absolute atomic E-state index is 0.351. The third kappa shape index (κ3) is 5.35. The number of urea groups is 1. The van der Waals surface area contributed by atoms with Gasteiger partial charge in [0.25, 0.3) is 0 Å². The molecule has 0 saturated carbocycles. The largest absolute Gasteiger partial charge is 0.478 e. The summed E-state index contributed by atoms with van der Waals surface area (Å²) in [4.78, 5) is 22.2. The first-order chi connectivity index (χ1) is 9.95. The van der Waals surface area contributed by atoms with E-state index in [0.29, 0.717) is 25.6 Å². The second kappa shape index (κ2) is 8.15. The molecule has 0 radical (unpaired) electrons. The van der Waals surface area contributed by atoms with Gasteiger partial charge in [0.2, 0.25) is 0 Å². The quantitative estimate of drug-likeness (QED) is 0.674. The molecule has 0 aromatic heterocycles. The van der Waals surface area contributed by atoms with Crippen LogP contribution in [0.5, 0.6) is 0 Å². The second-order valence-electron chi connectivity index (χ2n) is 4.20. The molecule has 0 saturated heterocycles. The van der Waals surface area contributed by atoms with Crippen LogP contribution in [0.4, 0.5) is 19.3 Å². The summed E-state index contributed by atoms with van der Waals surface area (Å²) < 4.78 is 31.5. The second-order valence-corrected chi connectivity index (χ2v) is 4.20. The highest BCUT2D eigenvalue weighted by atomic mass is 19.1. The van der Waals surface area contributed by atoms with Crippen LogP contribution in [0.15, 0.2) is 12.1 Å². The maximum atomic E-state index is 13.5. The van der Waals surface area contributed by atoms with E-state index in [2.05, 4.69) is 10.6 Å². The Hall–Kier alpha value is -2.22. The molecule has 0 aliphatic carbocycles. The average molecular weight is 302 g/mol. The Kier molecular flexibility index (Phi) is 6.54. The predicted octanol–water partition coefficient (Wildman–Crippen LogP) is 2.21. The molecule has 0 atom stereocenters. The highest BCUT2D eigenvalue weighted by Crippen LogP contribution is 2.19. The number of carbonyl (C=O) groups is 2. The molecule has 2 amide bonds. The van der Waals surface area contributed by atoms with Crippen molar-refractivity contribution >= 4 is 17.7 Å². The van der Waals surface area contributed by atoms with Gasteiger partial charge in [0.1, 0.15) is 11.6 Å². The lowest BCUT2D eigenvalue weighted by molar-refractivity contribution is 0.0692. The van der Waals surface area contributed by atoms with Crippen LogP contribution >= 0.6 is 0 Å². The summed E-state index contributed by atoms with van der Waals surface area (Å²) in [5, 5.41) is 13.3. The summed E-state index contributed by atoms with van der Waals surface area (Å²) >= 11 is 0. The van der Waals surface area contributed by atoms with Crippen molar-refractivity contribution in [3.05, 3.63) is 29.3 Å². The number of benzene rings is 1. The van der Waals surface area contributed by atoms with Gasteiger partial charge in [-0.15, -0.1) is 0 Å². The first kappa shape index (κ1) is 16.8. The molecule has 0 spiro atoms. The molecule has 0 bridgehead atoms. The molecule has 0 aliphatic heterocycles. The molecule has 0 heterocycles. The number of methoxy groups -OCH3 is 1. The van der Waals surface area contributed by atoms with E-state index in [0.717, 1.165) is 12.5 Å². The zero-order valence-electron chi connectivity index (χ0n) is 11.4. The first-order valence-corrected chi connectivity index (χ1v) is 6.21. The van der Waals surface area contributed by atoms with E-state index in [1.807, 2.05) is 0 Å². The minimum atomic E-state index is -1.55. The summed E-state index contributed by atoms with van der Waals surface area (Å²) in [6.07, 6.45) is 1.43. The SMILES string of the molecule is COCCCCNC(=O)Nc1cc(C(=O)O)c(F)cc1F. The summed E-state index contributed by atoms with van der Waals surface area (Å²) in [6.45, 7) is 0.918. The number of carboxylic acid groups (broad SMARTS) is 1. The van der Waals surface area contributed by atoms with E-state index in [-0.39, 0.29) is 0 Å². The van der Waals surface area contributed by atoms with Crippen molar-refractivity contribution in [1.82, 2.24) is 5.32 Å². The van der Waals surface area contributed by atoms with Gasteiger partial charge in [-0.05, 0) is 18.9 Å². The van der Waals surface area contributed by atoms with Gasteiger partial charge < -0.3 is 20.5 Å². The number of carbonyl (C=O) groups excluding carboxylic acids is 1. The standard InChI is InChI=1S/C13H16F2N2O4/c1-21-5-3-2-4-16-13(20)17-11-6-8(12(18)19)9(14)7-10(11)15/h6-7H,2-5H2,1H3,(H,18,19)(H2,16,17,20). The van der Waals surface area contributed by atoms with Crippen LogP contribution in [0.25, 0.3) is 0 Å². The van der Waals surface area contributed by atoms with Gasteiger partial charge in [0, 0.05) is 26.3 Å². The van der Waals surface area contributed by atoms with E-state index >= 15 is 0 Å². The lowest BCUT2D eigenvalue weighted by Crippen LogP contribution is -2.30. The van der Waals surface area contributed by atoms with Crippen LogP contribution in [-0.4, -0.2) is 37.4 Å². The van der Waals surface area contributed by atoms with Crippen LogP contribution in [0.3, 0.4) is 0 Å². The third-order valence-corrected chi connectivity index (χ3v) is 2.60. The van der Waals surface area contributed by atoms with Crippen molar-refractivity contribution in [1.29, 1.82) is 0 Å². The molecule has 1 aromatic rings. The number of aromatic carboxylic acids is 1.